The van der Waals surface area contributed by atoms with Gasteiger partial charge in [0.25, 0.3) is 0 Å². The lowest BCUT2D eigenvalue weighted by Gasteiger charge is -2.13. The van der Waals surface area contributed by atoms with Crippen molar-refractivity contribution in [1.29, 1.82) is 0 Å². The van der Waals surface area contributed by atoms with Crippen LogP contribution in [0.5, 0.6) is 5.75 Å². The Morgan fingerprint density at radius 2 is 1.97 bits per heavy atom. The van der Waals surface area contributed by atoms with Crippen LogP contribution in [0.4, 0.5) is 5.82 Å². The highest BCUT2D eigenvalue weighted by Gasteiger charge is 2.15. The maximum atomic E-state index is 9.39. The highest BCUT2D eigenvalue weighted by atomic mass is 16.5. The topological polar surface area (TPSA) is 118 Å². The molecule has 2 aromatic carbocycles. The molecule has 0 aliphatic carbocycles. The molecule has 8 nitrogen and oxygen atoms in total. The van der Waals surface area contributed by atoms with Crippen LogP contribution < -0.4 is 21.3 Å². The zero-order chi connectivity index (χ0) is 22.0. The quantitative estimate of drug-likeness (QED) is 0.337. The highest BCUT2D eigenvalue weighted by Crippen LogP contribution is 2.28. The number of nitrogens with one attached hydrogen (secondary N) is 1. The molecule has 4 rings (SSSR count). The van der Waals surface area contributed by atoms with Gasteiger partial charge in [0.05, 0.1) is 18.8 Å². The average Bonchev–Trinajstić information content (AvgIpc) is 3.13. The number of benzene rings is 2. The predicted octanol–water partition coefficient (Wildman–Crippen LogP) is 1.49. The second kappa shape index (κ2) is 8.77. The summed E-state index contributed by atoms with van der Waals surface area (Å²) in [4.78, 5) is 9.21. The van der Waals surface area contributed by atoms with Crippen LogP contribution in [0.25, 0.3) is 16.9 Å². The summed E-state index contributed by atoms with van der Waals surface area (Å²) < 4.78 is 7.42. The highest BCUT2D eigenvalue weighted by molar-refractivity contribution is 6.58. The fourth-order valence-corrected chi connectivity index (χ4v) is 3.66. The lowest BCUT2D eigenvalue weighted by molar-refractivity contribution is 0.412. The first-order valence-electron chi connectivity index (χ1n) is 9.92. The van der Waals surface area contributed by atoms with Gasteiger partial charge < -0.3 is 25.8 Å². The molecular weight excluding hydrogens is 393 g/mol. The van der Waals surface area contributed by atoms with Crippen molar-refractivity contribution in [3.8, 4) is 11.7 Å². The monoisotopic (exact) mass is 417 g/mol. The Morgan fingerprint density at radius 3 is 2.71 bits per heavy atom. The first kappa shape index (κ1) is 20.9. The molecule has 0 saturated carbocycles. The van der Waals surface area contributed by atoms with Crippen molar-refractivity contribution in [2.45, 2.75) is 20.0 Å². The number of aryl methyl sites for hydroxylation is 1. The first-order chi connectivity index (χ1) is 15.0. The molecule has 0 fully saturated rings. The fourth-order valence-electron chi connectivity index (χ4n) is 3.66. The van der Waals surface area contributed by atoms with E-state index < -0.39 is 7.12 Å². The zero-order valence-corrected chi connectivity index (χ0v) is 17.4. The number of nitrogens with two attached hydrogens (primary N) is 1. The van der Waals surface area contributed by atoms with Crippen LogP contribution in [0, 0.1) is 6.92 Å². The third-order valence-electron chi connectivity index (χ3n) is 5.21. The van der Waals surface area contributed by atoms with Gasteiger partial charge in [0.2, 0.25) is 5.95 Å². The fraction of sp³-hybridized carbons (Fsp3) is 0.182. The SMILES string of the molecule is COc1cnc(-n2c(C)cc3c(CN)cccc32)nc1NCc1cccc(B(O)O)c1. The molecule has 2 heterocycles. The molecule has 9 heteroatoms. The molecule has 0 atom stereocenters. The number of ether oxygens (including phenoxy) is 1. The normalized spacial score (nSPS) is 11.0. The molecule has 0 aliphatic rings. The summed E-state index contributed by atoms with van der Waals surface area (Å²) in [5, 5.41) is 23.1. The third kappa shape index (κ3) is 4.11. The Morgan fingerprint density at radius 1 is 1.16 bits per heavy atom. The van der Waals surface area contributed by atoms with E-state index >= 15 is 0 Å². The molecule has 0 unspecified atom stereocenters. The molecule has 158 valence electrons. The van der Waals surface area contributed by atoms with Crippen LogP contribution in [-0.4, -0.2) is 38.8 Å². The van der Waals surface area contributed by atoms with E-state index in [1.807, 2.05) is 35.8 Å². The van der Waals surface area contributed by atoms with E-state index in [9.17, 15) is 10.0 Å². The van der Waals surface area contributed by atoms with Gasteiger partial charge in [-0.25, -0.2) is 4.98 Å². The zero-order valence-electron chi connectivity index (χ0n) is 17.4. The molecule has 5 N–H and O–H groups in total. The number of hydrogen-bond donors (Lipinski definition) is 4. The van der Waals surface area contributed by atoms with Gasteiger partial charge in [0, 0.05) is 24.2 Å². The third-order valence-corrected chi connectivity index (χ3v) is 5.21. The summed E-state index contributed by atoms with van der Waals surface area (Å²) >= 11 is 0. The Balaban J connectivity index is 1.70. The van der Waals surface area contributed by atoms with Crippen molar-refractivity contribution < 1.29 is 14.8 Å². The number of nitrogens with zero attached hydrogens (tertiary/aromatic N) is 3. The second-order valence-corrected chi connectivity index (χ2v) is 7.23. The van der Waals surface area contributed by atoms with E-state index in [1.54, 1.807) is 31.5 Å². The molecule has 31 heavy (non-hydrogen) atoms. The van der Waals surface area contributed by atoms with Gasteiger partial charge in [0.15, 0.2) is 11.6 Å². The maximum absolute atomic E-state index is 9.39. The second-order valence-electron chi connectivity index (χ2n) is 7.23. The number of rotatable bonds is 7. The van der Waals surface area contributed by atoms with Gasteiger partial charge in [-0.2, -0.15) is 4.98 Å². The maximum Gasteiger partial charge on any atom is 0.488 e. The van der Waals surface area contributed by atoms with Gasteiger partial charge in [-0.1, -0.05) is 36.4 Å². The minimum atomic E-state index is -1.51. The van der Waals surface area contributed by atoms with Gasteiger partial charge in [-0.3, -0.25) is 4.57 Å². The molecule has 2 aromatic heterocycles. The lowest BCUT2D eigenvalue weighted by Crippen LogP contribution is -2.30. The molecule has 0 aliphatic heterocycles. The minimum Gasteiger partial charge on any atom is -0.491 e. The van der Waals surface area contributed by atoms with Crippen molar-refractivity contribution in [3.63, 3.8) is 0 Å². The van der Waals surface area contributed by atoms with E-state index in [0.717, 1.165) is 27.7 Å². The van der Waals surface area contributed by atoms with Gasteiger partial charge in [-0.05, 0) is 35.6 Å². The van der Waals surface area contributed by atoms with E-state index in [4.69, 9.17) is 15.5 Å². The molecule has 0 amide bonds. The van der Waals surface area contributed by atoms with Crippen molar-refractivity contribution >= 4 is 29.3 Å². The molecule has 0 spiro atoms. The average molecular weight is 417 g/mol. The Labute approximate surface area is 180 Å². The van der Waals surface area contributed by atoms with Crippen molar-refractivity contribution in [1.82, 2.24) is 14.5 Å². The van der Waals surface area contributed by atoms with Gasteiger partial charge in [0.1, 0.15) is 0 Å². The van der Waals surface area contributed by atoms with Crippen molar-refractivity contribution in [2.24, 2.45) is 5.73 Å². The molecular formula is C22H24BN5O3. The van der Waals surface area contributed by atoms with Crippen molar-refractivity contribution in [2.75, 3.05) is 12.4 Å². The van der Waals surface area contributed by atoms with E-state index in [-0.39, 0.29) is 0 Å². The number of methoxy groups -OCH3 is 1. The first-order valence-corrected chi connectivity index (χ1v) is 9.92. The van der Waals surface area contributed by atoms with E-state index in [1.165, 1.54) is 0 Å². The predicted molar refractivity (Wildman–Crippen MR) is 122 cm³/mol. The number of fused-ring (bicyclic) bond motifs is 1. The largest absolute Gasteiger partial charge is 0.491 e. The summed E-state index contributed by atoms with van der Waals surface area (Å²) in [5.41, 5.74) is 10.3. The Bertz CT molecular complexity index is 1230. The molecule has 0 saturated heterocycles. The summed E-state index contributed by atoms with van der Waals surface area (Å²) in [6.07, 6.45) is 1.64. The summed E-state index contributed by atoms with van der Waals surface area (Å²) in [6, 6.07) is 15.2. The smallest absolute Gasteiger partial charge is 0.488 e. The van der Waals surface area contributed by atoms with Crippen LogP contribution >= 0.6 is 0 Å². The van der Waals surface area contributed by atoms with Crippen LogP contribution in [0.1, 0.15) is 16.8 Å². The van der Waals surface area contributed by atoms with Crippen LogP contribution in [-0.2, 0) is 13.1 Å². The van der Waals surface area contributed by atoms with Gasteiger partial charge in [-0.15, -0.1) is 0 Å². The van der Waals surface area contributed by atoms with Crippen molar-refractivity contribution in [3.05, 3.63) is 71.5 Å². The standard InChI is InChI=1S/C22H24BN5O3/c1-14-9-18-16(11-24)6-4-8-19(18)28(14)22-26-13-20(31-2)21(27-22)25-12-15-5-3-7-17(10-15)23(29)30/h3-10,13,29-30H,11-12,24H2,1-2H3,(H,25,26,27). The summed E-state index contributed by atoms with van der Waals surface area (Å²) in [6.45, 7) is 2.89. The van der Waals surface area contributed by atoms with Crippen LogP contribution in [0.3, 0.4) is 0 Å². The van der Waals surface area contributed by atoms with Crippen LogP contribution in [0.2, 0.25) is 0 Å². The lowest BCUT2D eigenvalue weighted by atomic mass is 9.80. The number of hydrogen-bond acceptors (Lipinski definition) is 7. The molecule has 0 radical (unpaired) electrons. The molecule has 0 bridgehead atoms. The number of anilines is 1. The van der Waals surface area contributed by atoms with E-state index in [2.05, 4.69) is 16.4 Å². The van der Waals surface area contributed by atoms with Gasteiger partial charge >= 0.3 is 7.12 Å². The molecule has 4 aromatic rings. The Hall–Kier alpha value is -3.40. The van der Waals surface area contributed by atoms with E-state index in [0.29, 0.717) is 36.1 Å². The minimum absolute atomic E-state index is 0.427. The Kier molecular flexibility index (Phi) is 5.90. The van der Waals surface area contributed by atoms with Crippen LogP contribution in [0.15, 0.2) is 54.7 Å². The summed E-state index contributed by atoms with van der Waals surface area (Å²) in [7, 11) is 0.0550. The number of aromatic nitrogens is 3. The summed E-state index contributed by atoms with van der Waals surface area (Å²) in [5.74, 6) is 1.57.